The van der Waals surface area contributed by atoms with Crippen molar-refractivity contribution in [3.05, 3.63) is 22.2 Å². The molecule has 1 aliphatic rings. The van der Waals surface area contributed by atoms with E-state index in [1.165, 1.54) is 13.3 Å². The van der Waals surface area contributed by atoms with Crippen molar-refractivity contribution in [2.75, 3.05) is 13.7 Å². The molecule has 19 heavy (non-hydrogen) atoms. The molecule has 0 unspecified atom stereocenters. The average molecular weight is 272 g/mol. The van der Waals surface area contributed by atoms with Gasteiger partial charge in [-0.1, -0.05) is 0 Å². The van der Waals surface area contributed by atoms with Gasteiger partial charge in [0.2, 0.25) is 5.88 Å². The van der Waals surface area contributed by atoms with Crippen LogP contribution in [-0.4, -0.2) is 56.9 Å². The van der Waals surface area contributed by atoms with Gasteiger partial charge < -0.3 is 24.8 Å². The van der Waals surface area contributed by atoms with E-state index in [-0.39, 0.29) is 5.88 Å². The van der Waals surface area contributed by atoms with Gasteiger partial charge in [0.05, 0.1) is 13.7 Å². The first-order chi connectivity index (χ1) is 8.99. The van der Waals surface area contributed by atoms with Crippen LogP contribution >= 0.6 is 0 Å². The van der Waals surface area contributed by atoms with Crippen LogP contribution in [0.15, 0.2) is 11.0 Å². The zero-order valence-corrected chi connectivity index (χ0v) is 10.6. The lowest BCUT2D eigenvalue weighted by molar-refractivity contribution is -0.0551. The number of ether oxygens (including phenoxy) is 2. The Balaban J connectivity index is 2.38. The van der Waals surface area contributed by atoms with E-state index >= 15 is 0 Å². The van der Waals surface area contributed by atoms with Crippen LogP contribution in [0.2, 0.25) is 0 Å². The zero-order chi connectivity index (χ0) is 14.2. The van der Waals surface area contributed by atoms with Crippen LogP contribution in [0.1, 0.15) is 11.8 Å². The van der Waals surface area contributed by atoms with Crippen molar-refractivity contribution in [3.63, 3.8) is 0 Å². The Morgan fingerprint density at radius 2 is 2.16 bits per heavy atom. The predicted molar refractivity (Wildman–Crippen MR) is 62.8 cm³/mol. The Morgan fingerprint density at radius 3 is 2.68 bits per heavy atom. The fourth-order valence-electron chi connectivity index (χ4n) is 2.05. The predicted octanol–water partition coefficient (Wildman–Crippen LogP) is -1.83. The fraction of sp³-hybridized carbons (Fsp3) is 0.636. The van der Waals surface area contributed by atoms with Crippen LogP contribution in [0.5, 0.6) is 5.88 Å². The van der Waals surface area contributed by atoms with E-state index in [1.54, 1.807) is 6.92 Å². The lowest BCUT2D eigenvalue weighted by atomic mass is 10.1. The molecule has 2 rings (SSSR count). The van der Waals surface area contributed by atoms with E-state index in [4.69, 9.17) is 14.6 Å². The molecule has 8 nitrogen and oxygen atoms in total. The molecule has 0 spiro atoms. The van der Waals surface area contributed by atoms with E-state index in [0.717, 1.165) is 4.57 Å². The van der Waals surface area contributed by atoms with Gasteiger partial charge in [0.25, 0.3) is 0 Å². The number of aryl methyl sites for hydroxylation is 1. The third kappa shape index (κ3) is 2.35. The van der Waals surface area contributed by atoms with Crippen LogP contribution < -0.4 is 10.4 Å². The number of hydrogen-bond acceptors (Lipinski definition) is 7. The molecule has 0 radical (unpaired) electrons. The van der Waals surface area contributed by atoms with Gasteiger partial charge in [-0.05, 0) is 6.92 Å². The van der Waals surface area contributed by atoms with E-state index in [1.807, 2.05) is 0 Å². The molecule has 0 bridgehead atoms. The molecule has 1 aromatic heterocycles. The molecule has 1 aliphatic heterocycles. The molecular weight excluding hydrogens is 256 g/mol. The highest BCUT2D eigenvalue weighted by Crippen LogP contribution is 2.28. The van der Waals surface area contributed by atoms with E-state index in [2.05, 4.69) is 4.98 Å². The summed E-state index contributed by atoms with van der Waals surface area (Å²) >= 11 is 0. The van der Waals surface area contributed by atoms with Gasteiger partial charge >= 0.3 is 5.69 Å². The van der Waals surface area contributed by atoms with Crippen molar-refractivity contribution in [3.8, 4) is 5.88 Å². The molecule has 8 heteroatoms. The molecule has 0 aromatic carbocycles. The number of nitrogens with zero attached hydrogens (tertiary/aromatic N) is 2. The number of methoxy groups -OCH3 is 1. The first-order valence-corrected chi connectivity index (χ1v) is 5.75. The second kappa shape index (κ2) is 5.25. The molecular formula is C11H16N2O6. The van der Waals surface area contributed by atoms with Gasteiger partial charge in [0.1, 0.15) is 18.3 Å². The highest BCUT2D eigenvalue weighted by atomic mass is 16.6. The smallest absolute Gasteiger partial charge is 0.353 e. The maximum absolute atomic E-state index is 11.8. The summed E-state index contributed by atoms with van der Waals surface area (Å²) in [5, 5.41) is 28.5. The molecule has 4 atom stereocenters. The molecule has 2 heterocycles. The summed E-state index contributed by atoms with van der Waals surface area (Å²) in [4.78, 5) is 15.5. The summed E-state index contributed by atoms with van der Waals surface area (Å²) in [6.07, 6.45) is -3.17. The normalized spacial score (nSPS) is 30.6. The van der Waals surface area contributed by atoms with Crippen molar-refractivity contribution < 1.29 is 24.8 Å². The van der Waals surface area contributed by atoms with Gasteiger partial charge in [0, 0.05) is 11.8 Å². The summed E-state index contributed by atoms with van der Waals surface area (Å²) in [5.74, 6) is 0.188. The first-order valence-electron chi connectivity index (χ1n) is 5.75. The summed E-state index contributed by atoms with van der Waals surface area (Å²) in [5.41, 5.74) is -0.0860. The van der Waals surface area contributed by atoms with Crippen molar-refractivity contribution in [1.29, 1.82) is 0 Å². The minimum Gasteiger partial charge on any atom is -0.481 e. The minimum absolute atomic E-state index is 0.188. The Kier molecular flexibility index (Phi) is 3.85. The molecule has 1 saturated heterocycles. The molecule has 0 aliphatic carbocycles. The lowest BCUT2D eigenvalue weighted by Crippen LogP contribution is -2.36. The molecule has 106 valence electrons. The second-order valence-corrected chi connectivity index (χ2v) is 4.35. The number of aromatic nitrogens is 2. The summed E-state index contributed by atoms with van der Waals surface area (Å²) < 4.78 is 11.3. The van der Waals surface area contributed by atoms with Gasteiger partial charge in [0.15, 0.2) is 6.23 Å². The van der Waals surface area contributed by atoms with Crippen molar-refractivity contribution in [1.82, 2.24) is 9.55 Å². The Bertz CT molecular complexity index is 516. The maximum atomic E-state index is 11.8. The van der Waals surface area contributed by atoms with Crippen LogP contribution in [0.3, 0.4) is 0 Å². The standard InChI is InChI=1S/C11H16N2O6/c1-5-3-13(11(17)12-9(5)18-2)10-8(16)7(15)6(4-14)19-10/h3,6-8,10,14-16H,4H2,1-2H3/t6-,7-,8-,10-/m1/s1. The molecule has 1 fully saturated rings. The SMILES string of the molecule is COc1nc(=O)n([C@@H]2O[C@H](CO)[C@@H](O)[C@H]2O)cc1C. The number of rotatable bonds is 3. The van der Waals surface area contributed by atoms with Crippen molar-refractivity contribution in [2.24, 2.45) is 0 Å². The topological polar surface area (TPSA) is 114 Å². The van der Waals surface area contributed by atoms with Crippen LogP contribution in [0.4, 0.5) is 0 Å². The van der Waals surface area contributed by atoms with Crippen LogP contribution in [-0.2, 0) is 4.74 Å². The Morgan fingerprint density at radius 1 is 1.47 bits per heavy atom. The number of aliphatic hydroxyl groups excluding tert-OH is 3. The third-order valence-electron chi connectivity index (χ3n) is 3.07. The Hall–Kier alpha value is -1.48. The van der Waals surface area contributed by atoms with Gasteiger partial charge in [-0.15, -0.1) is 0 Å². The summed E-state index contributed by atoms with van der Waals surface area (Å²) in [6.45, 7) is 1.23. The highest BCUT2D eigenvalue weighted by Gasteiger charge is 2.43. The molecule has 0 amide bonds. The average Bonchev–Trinajstić information content (AvgIpc) is 2.68. The van der Waals surface area contributed by atoms with Gasteiger partial charge in [-0.2, -0.15) is 4.98 Å². The molecule has 3 N–H and O–H groups in total. The van der Waals surface area contributed by atoms with Crippen LogP contribution in [0, 0.1) is 6.92 Å². The summed E-state index contributed by atoms with van der Waals surface area (Å²) in [6, 6.07) is 0. The van der Waals surface area contributed by atoms with Gasteiger partial charge in [-0.3, -0.25) is 4.57 Å². The lowest BCUT2D eigenvalue weighted by Gasteiger charge is -2.18. The quantitative estimate of drug-likeness (QED) is 0.593. The van der Waals surface area contributed by atoms with Crippen molar-refractivity contribution in [2.45, 2.75) is 31.5 Å². The first kappa shape index (κ1) is 13.9. The number of aliphatic hydroxyl groups is 3. The van der Waals surface area contributed by atoms with E-state index in [0.29, 0.717) is 5.56 Å². The van der Waals surface area contributed by atoms with Gasteiger partial charge in [-0.25, -0.2) is 4.79 Å². The number of hydrogen-bond donors (Lipinski definition) is 3. The summed E-state index contributed by atoms with van der Waals surface area (Å²) in [7, 11) is 1.39. The molecule has 1 aromatic rings. The zero-order valence-electron chi connectivity index (χ0n) is 10.6. The monoisotopic (exact) mass is 272 g/mol. The third-order valence-corrected chi connectivity index (χ3v) is 3.07. The Labute approximate surface area is 108 Å². The van der Waals surface area contributed by atoms with Crippen molar-refractivity contribution >= 4 is 0 Å². The largest absolute Gasteiger partial charge is 0.481 e. The second-order valence-electron chi connectivity index (χ2n) is 4.35. The minimum atomic E-state index is -1.32. The van der Waals surface area contributed by atoms with E-state index in [9.17, 15) is 15.0 Å². The van der Waals surface area contributed by atoms with E-state index < -0.39 is 36.8 Å². The highest BCUT2D eigenvalue weighted by molar-refractivity contribution is 5.20. The van der Waals surface area contributed by atoms with Crippen LogP contribution in [0.25, 0.3) is 0 Å². The fourth-order valence-corrected chi connectivity index (χ4v) is 2.05. The molecule has 0 saturated carbocycles. The maximum Gasteiger partial charge on any atom is 0.353 e.